The number of fused-ring (bicyclic) bond motifs is 1. The van der Waals surface area contributed by atoms with E-state index in [9.17, 15) is 10.1 Å². The van der Waals surface area contributed by atoms with Gasteiger partial charge in [0.15, 0.2) is 0 Å². The van der Waals surface area contributed by atoms with E-state index in [4.69, 9.17) is 0 Å². The maximum absolute atomic E-state index is 10.9. The van der Waals surface area contributed by atoms with Crippen LogP contribution in [0.4, 0.5) is 5.69 Å². The number of hydrogen-bond acceptors (Lipinski definition) is 5. The summed E-state index contributed by atoms with van der Waals surface area (Å²) in [6.07, 6.45) is 0.629. The van der Waals surface area contributed by atoms with Gasteiger partial charge in [0.1, 0.15) is 5.52 Å². The molecule has 6 heteroatoms. The van der Waals surface area contributed by atoms with Gasteiger partial charge in [0.05, 0.1) is 4.92 Å². The highest BCUT2D eigenvalue weighted by Gasteiger charge is 2.19. The Kier molecular flexibility index (Phi) is 2.68. The molecule has 0 N–H and O–H groups in total. The average molecular weight is 255 g/mol. The van der Waals surface area contributed by atoms with Gasteiger partial charge in [-0.15, -0.1) is 0 Å². The van der Waals surface area contributed by atoms with E-state index < -0.39 is 4.92 Å². The summed E-state index contributed by atoms with van der Waals surface area (Å²) in [6, 6.07) is 12.9. The Hall–Kier alpha value is -2.76. The summed E-state index contributed by atoms with van der Waals surface area (Å²) in [7, 11) is 0. The number of nitrogens with zero attached hydrogens (tertiary/aromatic N) is 3. The Labute approximate surface area is 107 Å². The molecule has 0 radical (unpaired) electrons. The van der Waals surface area contributed by atoms with Gasteiger partial charge in [0, 0.05) is 6.07 Å². The highest BCUT2D eigenvalue weighted by atomic mass is 16.6. The van der Waals surface area contributed by atoms with Gasteiger partial charge in [-0.3, -0.25) is 10.1 Å². The fourth-order valence-corrected chi connectivity index (χ4v) is 2.01. The largest absolute Gasteiger partial charge is 0.300 e. The van der Waals surface area contributed by atoms with Gasteiger partial charge in [-0.25, -0.2) is 4.63 Å². The van der Waals surface area contributed by atoms with Crippen molar-refractivity contribution in [2.24, 2.45) is 0 Å². The minimum Gasteiger partial charge on any atom is -0.258 e. The van der Waals surface area contributed by atoms with E-state index in [2.05, 4.69) is 14.9 Å². The molecule has 0 aliphatic carbocycles. The molecule has 0 fully saturated rings. The van der Waals surface area contributed by atoms with Crippen LogP contribution in [0.15, 0.2) is 47.1 Å². The SMILES string of the molecule is O=[N+]([O-])c1ccc(Cc2ccccc2)c2nonc12. The van der Waals surface area contributed by atoms with Gasteiger partial charge >= 0.3 is 5.69 Å². The minimum atomic E-state index is -0.487. The summed E-state index contributed by atoms with van der Waals surface area (Å²) in [5, 5.41) is 18.3. The van der Waals surface area contributed by atoms with Crippen molar-refractivity contribution in [2.75, 3.05) is 0 Å². The van der Waals surface area contributed by atoms with Crippen LogP contribution in [0.3, 0.4) is 0 Å². The van der Waals surface area contributed by atoms with Crippen molar-refractivity contribution >= 4 is 16.7 Å². The molecule has 0 unspecified atom stereocenters. The van der Waals surface area contributed by atoms with Crippen LogP contribution in [-0.4, -0.2) is 15.2 Å². The molecule has 0 aliphatic rings. The molecule has 2 aromatic carbocycles. The van der Waals surface area contributed by atoms with E-state index in [1.165, 1.54) is 6.07 Å². The molecule has 0 saturated carbocycles. The number of non-ortho nitro benzene ring substituents is 1. The lowest BCUT2D eigenvalue weighted by atomic mass is 10.0. The van der Waals surface area contributed by atoms with Crippen molar-refractivity contribution in [3.8, 4) is 0 Å². The maximum atomic E-state index is 10.9. The van der Waals surface area contributed by atoms with E-state index in [0.717, 1.165) is 11.1 Å². The summed E-state index contributed by atoms with van der Waals surface area (Å²) in [6.45, 7) is 0. The van der Waals surface area contributed by atoms with Crippen LogP contribution in [0, 0.1) is 10.1 Å². The molecule has 19 heavy (non-hydrogen) atoms. The van der Waals surface area contributed by atoms with Crippen LogP contribution in [0.2, 0.25) is 0 Å². The smallest absolute Gasteiger partial charge is 0.258 e. The van der Waals surface area contributed by atoms with Gasteiger partial charge in [0.25, 0.3) is 0 Å². The molecule has 0 amide bonds. The molecule has 0 atom stereocenters. The fraction of sp³-hybridized carbons (Fsp3) is 0.0769. The highest BCUT2D eigenvalue weighted by Crippen LogP contribution is 2.26. The number of nitro benzene ring substituents is 1. The second-order valence-corrected chi connectivity index (χ2v) is 4.12. The number of aromatic nitrogens is 2. The zero-order valence-electron chi connectivity index (χ0n) is 9.81. The predicted molar refractivity (Wildman–Crippen MR) is 67.7 cm³/mol. The van der Waals surface area contributed by atoms with E-state index in [0.29, 0.717) is 11.9 Å². The summed E-state index contributed by atoms with van der Waals surface area (Å²) in [4.78, 5) is 10.4. The van der Waals surface area contributed by atoms with E-state index >= 15 is 0 Å². The lowest BCUT2D eigenvalue weighted by molar-refractivity contribution is -0.383. The van der Waals surface area contributed by atoms with E-state index in [1.807, 2.05) is 30.3 Å². The van der Waals surface area contributed by atoms with Crippen molar-refractivity contribution in [1.29, 1.82) is 0 Å². The standard InChI is InChI=1S/C13H9N3O3/c17-16(18)11-7-6-10(12-13(11)15-19-14-12)8-9-4-2-1-3-5-9/h1-7H,8H2. The predicted octanol–water partition coefficient (Wildman–Crippen LogP) is 2.72. The van der Waals surface area contributed by atoms with Crippen molar-refractivity contribution in [3.05, 3.63) is 63.7 Å². The molecule has 1 heterocycles. The van der Waals surface area contributed by atoms with E-state index in [1.54, 1.807) is 6.07 Å². The van der Waals surface area contributed by atoms with Crippen molar-refractivity contribution in [1.82, 2.24) is 10.3 Å². The zero-order chi connectivity index (χ0) is 13.2. The normalized spacial score (nSPS) is 10.7. The lowest BCUT2D eigenvalue weighted by Gasteiger charge is -2.01. The summed E-state index contributed by atoms with van der Waals surface area (Å²) < 4.78 is 4.63. The van der Waals surface area contributed by atoms with Gasteiger partial charge in [0.2, 0.25) is 5.52 Å². The number of rotatable bonds is 3. The molecule has 0 bridgehead atoms. The molecular weight excluding hydrogens is 246 g/mol. The molecule has 6 nitrogen and oxygen atoms in total. The first-order valence-corrected chi connectivity index (χ1v) is 5.68. The van der Waals surface area contributed by atoms with E-state index in [-0.39, 0.29) is 11.2 Å². The maximum Gasteiger partial charge on any atom is 0.300 e. The van der Waals surface area contributed by atoms with Crippen LogP contribution in [-0.2, 0) is 6.42 Å². The van der Waals surface area contributed by atoms with Crippen LogP contribution in [0.25, 0.3) is 11.0 Å². The first kappa shape index (κ1) is 11.3. The first-order valence-electron chi connectivity index (χ1n) is 5.68. The quantitative estimate of drug-likeness (QED) is 0.530. The molecular formula is C13H9N3O3. The lowest BCUT2D eigenvalue weighted by Crippen LogP contribution is -1.94. The van der Waals surface area contributed by atoms with Gasteiger partial charge < -0.3 is 0 Å². The summed E-state index contributed by atoms with van der Waals surface area (Å²) >= 11 is 0. The number of nitro groups is 1. The number of benzene rings is 2. The molecule has 0 spiro atoms. The third-order valence-corrected chi connectivity index (χ3v) is 2.91. The molecule has 3 aromatic rings. The van der Waals surface area contributed by atoms with Gasteiger partial charge in [-0.1, -0.05) is 30.3 Å². The number of hydrogen-bond donors (Lipinski definition) is 0. The zero-order valence-corrected chi connectivity index (χ0v) is 9.81. The monoisotopic (exact) mass is 255 g/mol. The second kappa shape index (κ2) is 4.49. The fourth-order valence-electron chi connectivity index (χ4n) is 2.01. The second-order valence-electron chi connectivity index (χ2n) is 4.12. The summed E-state index contributed by atoms with van der Waals surface area (Å²) in [5.41, 5.74) is 2.50. The molecule has 3 rings (SSSR count). The Morgan fingerprint density at radius 3 is 2.53 bits per heavy atom. The minimum absolute atomic E-state index is 0.0898. The van der Waals surface area contributed by atoms with Gasteiger partial charge in [-0.05, 0) is 33.9 Å². The Morgan fingerprint density at radius 2 is 1.79 bits per heavy atom. The Bertz CT molecular complexity index is 737. The third-order valence-electron chi connectivity index (χ3n) is 2.91. The Morgan fingerprint density at radius 1 is 1.05 bits per heavy atom. The average Bonchev–Trinajstić information content (AvgIpc) is 2.89. The van der Waals surface area contributed by atoms with Crippen molar-refractivity contribution in [2.45, 2.75) is 6.42 Å². The first-order chi connectivity index (χ1) is 9.25. The third kappa shape index (κ3) is 2.03. The van der Waals surface area contributed by atoms with Crippen molar-refractivity contribution in [3.63, 3.8) is 0 Å². The van der Waals surface area contributed by atoms with Crippen LogP contribution in [0.1, 0.15) is 11.1 Å². The van der Waals surface area contributed by atoms with Crippen molar-refractivity contribution < 1.29 is 9.55 Å². The van der Waals surface area contributed by atoms with Crippen LogP contribution >= 0.6 is 0 Å². The topological polar surface area (TPSA) is 82.1 Å². The molecule has 0 saturated heterocycles. The van der Waals surface area contributed by atoms with Gasteiger partial charge in [-0.2, -0.15) is 0 Å². The molecule has 94 valence electrons. The van der Waals surface area contributed by atoms with Crippen LogP contribution in [0.5, 0.6) is 0 Å². The molecule has 1 aromatic heterocycles. The molecule has 0 aliphatic heterocycles. The summed E-state index contributed by atoms with van der Waals surface area (Å²) in [5.74, 6) is 0. The highest BCUT2D eigenvalue weighted by molar-refractivity contribution is 5.86. The Balaban J connectivity index is 2.08. The van der Waals surface area contributed by atoms with Crippen LogP contribution < -0.4 is 0 Å².